The molecule has 0 amide bonds. The number of nitrogens with zero attached hydrogens (tertiary/aromatic N) is 3. The summed E-state index contributed by atoms with van der Waals surface area (Å²) in [6, 6.07) is 0.174. The van der Waals surface area contributed by atoms with Gasteiger partial charge in [0.25, 0.3) is 0 Å². The van der Waals surface area contributed by atoms with Gasteiger partial charge in [0.05, 0.1) is 28.1 Å². The standard InChI is InChI=1S/C14H23N5S/c1-6-7-11-12(15)14(19(5)18-11)17-9(3)13-8(2)16-10(4)20-13/h9,17H,6-7,15H2,1-5H3. The number of aromatic nitrogens is 3. The maximum atomic E-state index is 6.20. The number of hydrogen-bond acceptors (Lipinski definition) is 5. The molecule has 0 saturated carbocycles. The molecule has 2 heterocycles. The van der Waals surface area contributed by atoms with Crippen LogP contribution in [-0.4, -0.2) is 14.8 Å². The minimum absolute atomic E-state index is 0.174. The van der Waals surface area contributed by atoms with E-state index in [2.05, 4.69) is 29.2 Å². The highest BCUT2D eigenvalue weighted by Gasteiger charge is 2.18. The lowest BCUT2D eigenvalue weighted by Crippen LogP contribution is -2.11. The van der Waals surface area contributed by atoms with Gasteiger partial charge < -0.3 is 11.1 Å². The molecule has 0 aliphatic rings. The van der Waals surface area contributed by atoms with Gasteiger partial charge in [-0.05, 0) is 27.2 Å². The molecule has 6 heteroatoms. The van der Waals surface area contributed by atoms with E-state index >= 15 is 0 Å². The summed E-state index contributed by atoms with van der Waals surface area (Å²) >= 11 is 1.73. The van der Waals surface area contributed by atoms with Crippen LogP contribution in [0.1, 0.15) is 47.6 Å². The first kappa shape index (κ1) is 14.8. The summed E-state index contributed by atoms with van der Waals surface area (Å²) in [5.41, 5.74) is 9.02. The molecule has 0 fully saturated rings. The quantitative estimate of drug-likeness (QED) is 0.888. The molecule has 0 aromatic carbocycles. The second-order valence-corrected chi connectivity index (χ2v) is 6.37. The van der Waals surface area contributed by atoms with Gasteiger partial charge in [0.15, 0.2) is 0 Å². The minimum atomic E-state index is 0.174. The molecule has 3 N–H and O–H groups in total. The fourth-order valence-corrected chi connectivity index (χ4v) is 3.34. The zero-order valence-corrected chi connectivity index (χ0v) is 13.6. The molecule has 2 rings (SSSR count). The van der Waals surface area contributed by atoms with Gasteiger partial charge >= 0.3 is 0 Å². The predicted molar refractivity (Wildman–Crippen MR) is 85.2 cm³/mol. The number of anilines is 2. The van der Waals surface area contributed by atoms with Crippen LogP contribution in [0, 0.1) is 13.8 Å². The summed E-state index contributed by atoms with van der Waals surface area (Å²) in [5, 5.41) is 9.06. The van der Waals surface area contributed by atoms with Crippen LogP contribution < -0.4 is 11.1 Å². The molecule has 110 valence electrons. The van der Waals surface area contributed by atoms with E-state index in [1.54, 1.807) is 11.3 Å². The van der Waals surface area contributed by atoms with Gasteiger partial charge in [-0.3, -0.25) is 4.68 Å². The first-order chi connectivity index (χ1) is 9.43. The molecule has 0 aliphatic carbocycles. The van der Waals surface area contributed by atoms with Gasteiger partial charge in [-0.1, -0.05) is 13.3 Å². The zero-order valence-electron chi connectivity index (χ0n) is 12.8. The molecular formula is C14H23N5S. The van der Waals surface area contributed by atoms with Crippen LogP contribution in [0.4, 0.5) is 11.5 Å². The van der Waals surface area contributed by atoms with Gasteiger partial charge in [0, 0.05) is 11.9 Å². The third-order valence-corrected chi connectivity index (χ3v) is 4.59. The number of nitrogens with two attached hydrogens (primary N) is 1. The predicted octanol–water partition coefficient (Wildman–Crippen LogP) is 3.20. The second kappa shape index (κ2) is 5.83. The summed E-state index contributed by atoms with van der Waals surface area (Å²) in [4.78, 5) is 5.73. The van der Waals surface area contributed by atoms with Crippen LogP contribution in [0.15, 0.2) is 0 Å². The summed E-state index contributed by atoms with van der Waals surface area (Å²) in [6.07, 6.45) is 1.96. The molecule has 2 aromatic heterocycles. The van der Waals surface area contributed by atoms with Crippen molar-refractivity contribution in [3.63, 3.8) is 0 Å². The molecule has 0 radical (unpaired) electrons. The van der Waals surface area contributed by atoms with E-state index in [-0.39, 0.29) is 6.04 Å². The Morgan fingerprint density at radius 1 is 1.40 bits per heavy atom. The van der Waals surface area contributed by atoms with Crippen molar-refractivity contribution in [2.75, 3.05) is 11.1 Å². The van der Waals surface area contributed by atoms with Crippen LogP contribution in [-0.2, 0) is 13.5 Å². The normalized spacial score (nSPS) is 12.7. The van der Waals surface area contributed by atoms with E-state index in [9.17, 15) is 0 Å². The first-order valence-corrected chi connectivity index (χ1v) is 7.77. The average Bonchev–Trinajstić information content (AvgIpc) is 2.84. The van der Waals surface area contributed by atoms with Crippen molar-refractivity contribution in [2.24, 2.45) is 7.05 Å². The Hall–Kier alpha value is -1.56. The highest BCUT2D eigenvalue weighted by molar-refractivity contribution is 7.11. The Morgan fingerprint density at radius 2 is 2.10 bits per heavy atom. The van der Waals surface area contributed by atoms with Crippen molar-refractivity contribution < 1.29 is 0 Å². The molecule has 2 aromatic rings. The second-order valence-electron chi connectivity index (χ2n) is 5.13. The van der Waals surface area contributed by atoms with Crippen LogP contribution >= 0.6 is 11.3 Å². The van der Waals surface area contributed by atoms with E-state index in [4.69, 9.17) is 5.73 Å². The topological polar surface area (TPSA) is 68.8 Å². The maximum Gasteiger partial charge on any atom is 0.148 e. The van der Waals surface area contributed by atoms with E-state index in [1.807, 2.05) is 25.6 Å². The molecule has 0 aliphatic heterocycles. The molecule has 5 nitrogen and oxygen atoms in total. The summed E-state index contributed by atoms with van der Waals surface area (Å²) in [6.45, 7) is 8.34. The lowest BCUT2D eigenvalue weighted by Gasteiger charge is -2.15. The van der Waals surface area contributed by atoms with Crippen LogP contribution in [0.2, 0.25) is 0 Å². The molecule has 0 spiro atoms. The first-order valence-electron chi connectivity index (χ1n) is 6.95. The third kappa shape index (κ3) is 2.80. The van der Waals surface area contributed by atoms with Crippen molar-refractivity contribution in [1.29, 1.82) is 0 Å². The molecule has 1 atom stereocenters. The van der Waals surface area contributed by atoms with Crippen molar-refractivity contribution >= 4 is 22.8 Å². The van der Waals surface area contributed by atoms with Crippen molar-refractivity contribution in [3.8, 4) is 0 Å². The van der Waals surface area contributed by atoms with Crippen LogP contribution in [0.5, 0.6) is 0 Å². The number of thiazole rings is 1. The number of nitrogens with one attached hydrogen (secondary N) is 1. The molecule has 20 heavy (non-hydrogen) atoms. The Kier molecular flexibility index (Phi) is 4.32. The average molecular weight is 293 g/mol. The van der Waals surface area contributed by atoms with Crippen LogP contribution in [0.3, 0.4) is 0 Å². The van der Waals surface area contributed by atoms with Crippen molar-refractivity contribution in [1.82, 2.24) is 14.8 Å². The lowest BCUT2D eigenvalue weighted by molar-refractivity contribution is 0.726. The molecule has 0 saturated heterocycles. The van der Waals surface area contributed by atoms with Gasteiger partial charge in [0.2, 0.25) is 0 Å². The third-order valence-electron chi connectivity index (χ3n) is 3.33. The lowest BCUT2D eigenvalue weighted by atomic mass is 10.2. The van der Waals surface area contributed by atoms with Gasteiger partial charge in [-0.25, -0.2) is 4.98 Å². The SMILES string of the molecule is CCCc1nn(C)c(NC(C)c2sc(C)nc2C)c1N. The fraction of sp³-hybridized carbons (Fsp3) is 0.571. The number of rotatable bonds is 5. The smallest absolute Gasteiger partial charge is 0.148 e. The number of aryl methyl sites for hydroxylation is 4. The zero-order chi connectivity index (χ0) is 14.9. The van der Waals surface area contributed by atoms with E-state index in [1.165, 1.54) is 4.88 Å². The molecular weight excluding hydrogens is 270 g/mol. The van der Waals surface area contributed by atoms with Gasteiger partial charge in [-0.2, -0.15) is 5.10 Å². The monoisotopic (exact) mass is 293 g/mol. The highest BCUT2D eigenvalue weighted by Crippen LogP contribution is 2.30. The Morgan fingerprint density at radius 3 is 2.65 bits per heavy atom. The Bertz CT molecular complexity index is 599. The minimum Gasteiger partial charge on any atom is -0.394 e. The van der Waals surface area contributed by atoms with Gasteiger partial charge in [0.1, 0.15) is 5.82 Å². The van der Waals surface area contributed by atoms with Gasteiger partial charge in [-0.15, -0.1) is 11.3 Å². The van der Waals surface area contributed by atoms with E-state index in [0.717, 1.165) is 40.7 Å². The van der Waals surface area contributed by atoms with Crippen LogP contribution in [0.25, 0.3) is 0 Å². The van der Waals surface area contributed by atoms with E-state index < -0.39 is 0 Å². The number of hydrogen-bond donors (Lipinski definition) is 2. The molecule has 1 unspecified atom stereocenters. The molecule has 0 bridgehead atoms. The van der Waals surface area contributed by atoms with Crippen molar-refractivity contribution in [2.45, 2.75) is 46.6 Å². The summed E-state index contributed by atoms with van der Waals surface area (Å²) in [7, 11) is 1.93. The largest absolute Gasteiger partial charge is 0.394 e. The maximum absolute atomic E-state index is 6.20. The highest BCUT2D eigenvalue weighted by atomic mass is 32.1. The summed E-state index contributed by atoms with van der Waals surface area (Å²) in [5.74, 6) is 0.895. The Labute approximate surface area is 124 Å². The van der Waals surface area contributed by atoms with E-state index in [0.29, 0.717) is 0 Å². The fourth-order valence-electron chi connectivity index (χ4n) is 2.41. The Balaban J connectivity index is 2.23. The summed E-state index contributed by atoms with van der Waals surface area (Å²) < 4.78 is 1.83. The number of nitrogen functional groups attached to an aromatic ring is 1. The van der Waals surface area contributed by atoms with Crippen molar-refractivity contribution in [3.05, 3.63) is 21.3 Å².